The molecule has 2 aromatic rings. The zero-order chi connectivity index (χ0) is 23.1. The maximum atomic E-state index is 12.8. The van der Waals surface area contributed by atoms with Crippen LogP contribution in [0.1, 0.15) is 24.2 Å². The maximum Gasteiger partial charge on any atom is 0.255 e. The number of piperazine rings is 1. The molecule has 0 aromatic heterocycles. The van der Waals surface area contributed by atoms with Gasteiger partial charge >= 0.3 is 0 Å². The average Bonchev–Trinajstić information content (AvgIpc) is 2.91. The molecule has 2 saturated heterocycles. The molecular weight excluding hydrogens is 428 g/mol. The number of carbonyl (C=O) groups excluding carboxylic acids is 2. The van der Waals surface area contributed by atoms with Crippen molar-refractivity contribution < 1.29 is 18.0 Å². The second-order valence-electron chi connectivity index (χ2n) is 9.05. The predicted octanol–water partition coefficient (Wildman–Crippen LogP) is 2.39. The molecule has 4 rings (SSSR count). The summed E-state index contributed by atoms with van der Waals surface area (Å²) in [4.78, 5) is 30.0. The lowest BCUT2D eigenvalue weighted by Crippen LogP contribution is -2.44. The summed E-state index contributed by atoms with van der Waals surface area (Å²) >= 11 is 0. The van der Waals surface area contributed by atoms with Crippen LogP contribution in [0.15, 0.2) is 48.5 Å². The topological polar surface area (TPSA) is 90.0 Å². The number of carbonyl (C=O) groups is 2. The lowest BCUT2D eigenvalue weighted by atomic mass is 9.95. The Morgan fingerprint density at radius 1 is 0.969 bits per heavy atom. The second kappa shape index (κ2) is 8.22. The van der Waals surface area contributed by atoms with Crippen LogP contribution in [-0.4, -0.2) is 64.1 Å². The minimum absolute atomic E-state index is 0.179. The number of sulfonamides is 1. The first-order chi connectivity index (χ1) is 15.1. The van der Waals surface area contributed by atoms with Gasteiger partial charge in [0.1, 0.15) is 0 Å². The first-order valence-corrected chi connectivity index (χ1v) is 12.2. The molecule has 0 unspecified atom stereocenters. The number of benzene rings is 2. The van der Waals surface area contributed by atoms with E-state index in [0.717, 1.165) is 36.2 Å². The van der Waals surface area contributed by atoms with Crippen molar-refractivity contribution >= 4 is 38.9 Å². The van der Waals surface area contributed by atoms with Crippen LogP contribution in [-0.2, 0) is 14.8 Å². The Hall–Kier alpha value is -2.91. The highest BCUT2D eigenvalue weighted by Gasteiger charge is 2.49. The van der Waals surface area contributed by atoms with E-state index in [1.165, 1.54) is 12.1 Å². The molecule has 2 aliphatic rings. The number of hydrogen-bond acceptors (Lipinski definition) is 6. The minimum atomic E-state index is -3.77. The monoisotopic (exact) mass is 456 g/mol. The summed E-state index contributed by atoms with van der Waals surface area (Å²) in [6.07, 6.45) is 0. The van der Waals surface area contributed by atoms with Crippen LogP contribution >= 0.6 is 0 Å². The Bertz CT molecular complexity index is 1140. The Morgan fingerprint density at radius 2 is 1.62 bits per heavy atom. The summed E-state index contributed by atoms with van der Waals surface area (Å²) in [7, 11) is -1.66. The molecule has 2 heterocycles. The Morgan fingerprint density at radius 3 is 2.22 bits per heavy atom. The molecule has 2 amide bonds. The van der Waals surface area contributed by atoms with Crippen LogP contribution in [0.2, 0.25) is 0 Å². The fourth-order valence-electron chi connectivity index (χ4n) is 4.06. The van der Waals surface area contributed by atoms with Crippen molar-refractivity contribution in [2.24, 2.45) is 5.41 Å². The summed E-state index contributed by atoms with van der Waals surface area (Å²) in [6, 6.07) is 13.8. The van der Waals surface area contributed by atoms with E-state index in [1.54, 1.807) is 26.0 Å². The van der Waals surface area contributed by atoms with Gasteiger partial charge < -0.3 is 15.1 Å². The van der Waals surface area contributed by atoms with E-state index >= 15 is 0 Å². The van der Waals surface area contributed by atoms with Gasteiger partial charge in [-0.3, -0.25) is 9.59 Å². The van der Waals surface area contributed by atoms with E-state index in [4.69, 9.17) is 0 Å². The molecule has 2 fully saturated rings. The van der Waals surface area contributed by atoms with E-state index in [2.05, 4.69) is 22.2 Å². The highest BCUT2D eigenvalue weighted by atomic mass is 32.2. The summed E-state index contributed by atoms with van der Waals surface area (Å²) in [6.45, 7) is 7.17. The van der Waals surface area contributed by atoms with E-state index in [1.807, 2.05) is 24.3 Å². The van der Waals surface area contributed by atoms with Gasteiger partial charge in [0, 0.05) is 43.1 Å². The van der Waals surface area contributed by atoms with Crippen molar-refractivity contribution in [2.45, 2.75) is 13.8 Å². The maximum absolute atomic E-state index is 12.8. The van der Waals surface area contributed by atoms with Crippen molar-refractivity contribution in [1.29, 1.82) is 0 Å². The lowest BCUT2D eigenvalue weighted by molar-refractivity contribution is -0.123. The molecule has 9 heteroatoms. The van der Waals surface area contributed by atoms with E-state index in [9.17, 15) is 18.0 Å². The third-order valence-electron chi connectivity index (χ3n) is 5.92. The molecular formula is C23H28N4O4S. The summed E-state index contributed by atoms with van der Waals surface area (Å²) in [5.74, 6) is -1.12. The molecule has 8 nitrogen and oxygen atoms in total. The molecule has 0 aliphatic carbocycles. The number of amides is 2. The fraction of sp³-hybridized carbons (Fsp3) is 0.391. The average molecular weight is 457 g/mol. The first kappa shape index (κ1) is 22.3. The highest BCUT2D eigenvalue weighted by molar-refractivity contribution is 7.94. The van der Waals surface area contributed by atoms with Crippen molar-refractivity contribution in [3.63, 3.8) is 0 Å². The quantitative estimate of drug-likeness (QED) is 0.760. The third kappa shape index (κ3) is 4.35. The van der Waals surface area contributed by atoms with Gasteiger partial charge in [-0.1, -0.05) is 6.07 Å². The van der Waals surface area contributed by atoms with Crippen LogP contribution in [0.4, 0.5) is 17.1 Å². The number of rotatable bonds is 4. The number of likely N-dealkylation sites (N-methyl/N-ethyl adjacent to an activating group) is 1. The van der Waals surface area contributed by atoms with Gasteiger partial charge in [-0.2, -0.15) is 0 Å². The Labute approximate surface area is 188 Å². The van der Waals surface area contributed by atoms with E-state index in [0.29, 0.717) is 5.69 Å². The van der Waals surface area contributed by atoms with Crippen LogP contribution in [0.3, 0.4) is 0 Å². The first-order valence-electron chi connectivity index (χ1n) is 10.6. The van der Waals surface area contributed by atoms with Crippen LogP contribution in [0.5, 0.6) is 0 Å². The molecule has 170 valence electrons. The zero-order valence-corrected chi connectivity index (χ0v) is 19.4. The zero-order valence-electron chi connectivity index (χ0n) is 18.5. The second-order valence-corrected chi connectivity index (χ2v) is 10.9. The molecule has 1 N–H and O–H groups in total. The van der Waals surface area contributed by atoms with E-state index < -0.39 is 21.3 Å². The van der Waals surface area contributed by atoms with Gasteiger partial charge in [-0.15, -0.1) is 0 Å². The van der Waals surface area contributed by atoms with Crippen LogP contribution in [0, 0.1) is 5.41 Å². The normalized spacial score (nSPS) is 20.4. The molecule has 0 spiro atoms. The standard InChI is InChI=1S/C23H28N4O4S/c1-23(2)16-32(30,31)27(22(23)29)20-6-4-5-17(15-20)21(28)24-18-7-9-19(10-8-18)26-13-11-25(3)12-14-26/h4-10,15H,11-14,16H2,1-3H3,(H,24,28). The summed E-state index contributed by atoms with van der Waals surface area (Å²) in [5.41, 5.74) is 1.21. The summed E-state index contributed by atoms with van der Waals surface area (Å²) in [5, 5.41) is 2.84. The minimum Gasteiger partial charge on any atom is -0.369 e. The Kier molecular flexibility index (Phi) is 5.72. The van der Waals surface area contributed by atoms with Crippen LogP contribution in [0.25, 0.3) is 0 Å². The Balaban J connectivity index is 1.48. The summed E-state index contributed by atoms with van der Waals surface area (Å²) < 4.78 is 25.9. The number of nitrogens with one attached hydrogen (secondary N) is 1. The highest BCUT2D eigenvalue weighted by Crippen LogP contribution is 2.36. The third-order valence-corrected chi connectivity index (χ3v) is 7.94. The van der Waals surface area contributed by atoms with Crippen molar-refractivity contribution in [3.8, 4) is 0 Å². The fourth-order valence-corrected chi connectivity index (χ4v) is 6.16. The van der Waals surface area contributed by atoms with E-state index in [-0.39, 0.29) is 22.9 Å². The van der Waals surface area contributed by atoms with Crippen molar-refractivity contribution in [1.82, 2.24) is 4.90 Å². The molecule has 0 saturated carbocycles. The van der Waals surface area contributed by atoms with Gasteiger partial charge in [0.15, 0.2) is 0 Å². The number of anilines is 3. The van der Waals surface area contributed by atoms with Crippen molar-refractivity contribution in [2.75, 3.05) is 53.5 Å². The number of nitrogens with zero attached hydrogens (tertiary/aromatic N) is 3. The molecule has 2 aliphatic heterocycles. The smallest absolute Gasteiger partial charge is 0.255 e. The predicted molar refractivity (Wildman–Crippen MR) is 126 cm³/mol. The van der Waals surface area contributed by atoms with Gasteiger partial charge in [-0.25, -0.2) is 12.7 Å². The largest absolute Gasteiger partial charge is 0.369 e. The SMILES string of the molecule is CN1CCN(c2ccc(NC(=O)c3cccc(N4C(=O)C(C)(C)CS4(=O)=O)c3)cc2)CC1. The lowest BCUT2D eigenvalue weighted by Gasteiger charge is -2.34. The molecule has 32 heavy (non-hydrogen) atoms. The molecule has 0 radical (unpaired) electrons. The molecule has 0 bridgehead atoms. The van der Waals surface area contributed by atoms with Gasteiger partial charge in [0.2, 0.25) is 15.9 Å². The molecule has 2 aromatic carbocycles. The van der Waals surface area contributed by atoms with Crippen LogP contribution < -0.4 is 14.5 Å². The van der Waals surface area contributed by atoms with Gasteiger partial charge in [0.25, 0.3) is 5.91 Å². The van der Waals surface area contributed by atoms with Gasteiger partial charge in [0.05, 0.1) is 16.9 Å². The van der Waals surface area contributed by atoms with Crippen molar-refractivity contribution in [3.05, 3.63) is 54.1 Å². The number of hydrogen-bond donors (Lipinski definition) is 1. The van der Waals surface area contributed by atoms with Gasteiger partial charge in [-0.05, 0) is 63.4 Å². The molecule has 0 atom stereocenters.